The van der Waals surface area contributed by atoms with Crippen molar-refractivity contribution < 1.29 is 27.0 Å². The molecule has 0 aliphatic heterocycles. The molecule has 0 aromatic heterocycles. The number of alkyl halides is 3. The fraction of sp³-hybridized carbons (Fsp3) is 0.462. The predicted molar refractivity (Wildman–Crippen MR) is 123 cm³/mol. The van der Waals surface area contributed by atoms with Crippen LogP contribution >= 0.6 is 0 Å². The van der Waals surface area contributed by atoms with Crippen molar-refractivity contribution >= 4 is 22.4 Å². The second-order valence-electron chi connectivity index (χ2n) is 8.70. The molecule has 1 aliphatic rings. The van der Waals surface area contributed by atoms with Crippen molar-refractivity contribution in [3.8, 4) is 0 Å². The Morgan fingerprint density at radius 1 is 0.939 bits per heavy atom. The zero-order chi connectivity index (χ0) is 24.3. The van der Waals surface area contributed by atoms with E-state index in [-0.39, 0.29) is 36.1 Å². The summed E-state index contributed by atoms with van der Waals surface area (Å²) in [7, 11) is -1.49. The minimum Gasteiger partial charge on any atom is -0.299 e. The average molecular weight is 479 g/mol. The smallest absolute Gasteiger partial charge is 0.299 e. The Morgan fingerprint density at radius 3 is 1.91 bits per heavy atom. The van der Waals surface area contributed by atoms with Crippen molar-refractivity contribution in [2.75, 3.05) is 5.75 Å². The van der Waals surface area contributed by atoms with Crippen LogP contribution in [0.1, 0.15) is 66.8 Å². The second kappa shape index (κ2) is 10.3. The number of hydrogen-bond acceptors (Lipinski definition) is 3. The number of ketones is 2. The summed E-state index contributed by atoms with van der Waals surface area (Å²) < 4.78 is 50.7. The quantitative estimate of drug-likeness (QED) is 0.461. The van der Waals surface area contributed by atoms with E-state index in [1.807, 2.05) is 32.9 Å². The van der Waals surface area contributed by atoms with Crippen LogP contribution in [0.3, 0.4) is 0 Å². The van der Waals surface area contributed by atoms with Crippen LogP contribution in [0, 0.1) is 12.8 Å². The van der Waals surface area contributed by atoms with E-state index in [1.54, 1.807) is 0 Å². The maximum atomic E-state index is 13.1. The molecule has 7 heteroatoms. The van der Waals surface area contributed by atoms with Crippen LogP contribution in [-0.2, 0) is 39.4 Å². The molecule has 0 radical (unpaired) electrons. The summed E-state index contributed by atoms with van der Waals surface area (Å²) in [5.41, 5.74) is 3.28. The molecule has 3 rings (SSSR count). The number of carbonyl (C=O) groups is 2. The highest BCUT2D eigenvalue weighted by Crippen LogP contribution is 2.37. The molecule has 1 aliphatic carbocycles. The molecule has 178 valence electrons. The zero-order valence-electron chi connectivity index (χ0n) is 19.1. The lowest BCUT2D eigenvalue weighted by atomic mass is 9.73. The first-order valence-electron chi connectivity index (χ1n) is 11.3. The minimum atomic E-state index is -4.44. The largest absolute Gasteiger partial charge is 0.416 e. The molecule has 33 heavy (non-hydrogen) atoms. The number of aryl methyl sites for hydroxylation is 3. The molecule has 0 bridgehead atoms. The summed E-state index contributed by atoms with van der Waals surface area (Å²) in [4.78, 5) is 26.5. The van der Waals surface area contributed by atoms with Crippen LogP contribution in [0.25, 0.3) is 0 Å². The van der Waals surface area contributed by atoms with Gasteiger partial charge in [-0.05, 0) is 73.1 Å². The van der Waals surface area contributed by atoms with E-state index in [0.717, 1.165) is 47.2 Å². The third-order valence-corrected chi connectivity index (χ3v) is 7.73. The monoisotopic (exact) mass is 478 g/mol. The minimum absolute atomic E-state index is 0.0928. The van der Waals surface area contributed by atoms with Crippen molar-refractivity contribution in [3.05, 3.63) is 64.2 Å². The average Bonchev–Trinajstić information content (AvgIpc) is 2.76. The van der Waals surface area contributed by atoms with E-state index >= 15 is 0 Å². The molecular formula is C26H29F3O3S. The maximum absolute atomic E-state index is 13.1. The number of hydrogen-bond donors (Lipinski definition) is 0. The van der Waals surface area contributed by atoms with Gasteiger partial charge in [-0.25, -0.2) is 0 Å². The van der Waals surface area contributed by atoms with Crippen LogP contribution in [0.15, 0.2) is 41.3 Å². The predicted octanol–water partition coefficient (Wildman–Crippen LogP) is 5.97. The molecule has 0 heterocycles. The standard InChI is InChI=1S/C26H29F3O3S/c1-4-18-12-16(3)13-19(5-2)24(18)25-22(30)14-17(15-23(25)31)10-11-33(32)21-8-6-20(7-9-21)26(27,28)29/h6-9,12-13,17,25H,4-5,10-11,14-15H2,1-3H3. The number of halogens is 3. The third-order valence-electron chi connectivity index (χ3n) is 6.33. The van der Waals surface area contributed by atoms with E-state index in [2.05, 4.69) is 0 Å². The van der Waals surface area contributed by atoms with Gasteiger partial charge in [0.1, 0.15) is 17.5 Å². The Bertz CT molecular complexity index is 1010. The summed E-state index contributed by atoms with van der Waals surface area (Å²) in [6.07, 6.45) is -2.03. The Labute approximate surface area is 195 Å². The lowest BCUT2D eigenvalue weighted by Gasteiger charge is -2.29. The van der Waals surface area contributed by atoms with Gasteiger partial charge >= 0.3 is 6.18 Å². The molecule has 1 atom stereocenters. The maximum Gasteiger partial charge on any atom is 0.416 e. The van der Waals surface area contributed by atoms with Crippen LogP contribution in [0.2, 0.25) is 0 Å². The summed E-state index contributed by atoms with van der Waals surface area (Å²) in [5, 5.41) is 0. The van der Waals surface area contributed by atoms with Gasteiger partial charge in [-0.15, -0.1) is 0 Å². The summed E-state index contributed by atoms with van der Waals surface area (Å²) in [6.45, 7) is 6.06. The van der Waals surface area contributed by atoms with Gasteiger partial charge in [-0.2, -0.15) is 13.2 Å². The van der Waals surface area contributed by atoms with Crippen molar-refractivity contribution in [1.82, 2.24) is 0 Å². The highest BCUT2D eigenvalue weighted by atomic mass is 32.2. The summed E-state index contributed by atoms with van der Waals surface area (Å²) in [5.74, 6) is -0.909. The van der Waals surface area contributed by atoms with E-state index in [1.165, 1.54) is 12.1 Å². The van der Waals surface area contributed by atoms with Gasteiger partial charge in [0, 0.05) is 23.5 Å². The Morgan fingerprint density at radius 2 is 1.45 bits per heavy atom. The van der Waals surface area contributed by atoms with Crippen molar-refractivity contribution in [3.63, 3.8) is 0 Å². The summed E-state index contributed by atoms with van der Waals surface area (Å²) in [6, 6.07) is 8.39. The van der Waals surface area contributed by atoms with Crippen molar-refractivity contribution in [2.45, 2.75) is 69.9 Å². The molecule has 1 unspecified atom stereocenters. The van der Waals surface area contributed by atoms with Crippen LogP contribution < -0.4 is 0 Å². The van der Waals surface area contributed by atoms with Gasteiger partial charge in [0.2, 0.25) is 0 Å². The van der Waals surface area contributed by atoms with Gasteiger partial charge < -0.3 is 0 Å². The normalized spacial score (nSPS) is 20.2. The van der Waals surface area contributed by atoms with E-state index in [9.17, 15) is 27.0 Å². The Kier molecular flexibility index (Phi) is 7.93. The first kappa shape index (κ1) is 25.3. The first-order valence-corrected chi connectivity index (χ1v) is 12.6. The van der Waals surface area contributed by atoms with Gasteiger partial charge in [-0.1, -0.05) is 31.5 Å². The van der Waals surface area contributed by atoms with E-state index in [0.29, 0.717) is 11.3 Å². The SMILES string of the molecule is CCc1cc(C)cc(CC)c1C1C(=O)CC(CCS(=O)c2ccc(C(F)(F)F)cc2)CC1=O. The number of benzene rings is 2. The van der Waals surface area contributed by atoms with Gasteiger partial charge in [-0.3, -0.25) is 13.8 Å². The highest BCUT2D eigenvalue weighted by Gasteiger charge is 2.38. The summed E-state index contributed by atoms with van der Waals surface area (Å²) >= 11 is 0. The van der Waals surface area contributed by atoms with Crippen LogP contribution in [0.5, 0.6) is 0 Å². The number of carbonyl (C=O) groups excluding carboxylic acids is 2. The molecule has 2 aromatic carbocycles. The molecule has 1 saturated carbocycles. The van der Waals surface area contributed by atoms with E-state index in [4.69, 9.17) is 0 Å². The van der Waals surface area contributed by atoms with Gasteiger partial charge in [0.05, 0.1) is 16.4 Å². The van der Waals surface area contributed by atoms with Crippen LogP contribution in [0.4, 0.5) is 13.2 Å². The molecule has 0 amide bonds. The lowest BCUT2D eigenvalue weighted by molar-refractivity contribution is -0.137. The first-order chi connectivity index (χ1) is 15.5. The topological polar surface area (TPSA) is 51.2 Å². The van der Waals surface area contributed by atoms with Gasteiger partial charge in [0.25, 0.3) is 0 Å². The molecule has 0 N–H and O–H groups in total. The molecule has 0 saturated heterocycles. The molecule has 1 fully saturated rings. The van der Waals surface area contributed by atoms with E-state index < -0.39 is 28.5 Å². The Hall–Kier alpha value is -2.28. The third kappa shape index (κ3) is 5.81. The van der Waals surface area contributed by atoms with Crippen LogP contribution in [-0.4, -0.2) is 21.5 Å². The van der Waals surface area contributed by atoms with Crippen molar-refractivity contribution in [1.29, 1.82) is 0 Å². The fourth-order valence-corrected chi connectivity index (χ4v) is 5.90. The number of rotatable bonds is 7. The van der Waals surface area contributed by atoms with Gasteiger partial charge in [0.15, 0.2) is 0 Å². The fourth-order valence-electron chi connectivity index (χ4n) is 4.68. The second-order valence-corrected chi connectivity index (χ2v) is 10.3. The molecule has 0 spiro atoms. The zero-order valence-corrected chi connectivity index (χ0v) is 19.9. The molecule has 3 nitrogen and oxygen atoms in total. The molecular weight excluding hydrogens is 449 g/mol. The van der Waals surface area contributed by atoms with Crippen molar-refractivity contribution in [2.24, 2.45) is 5.92 Å². The number of Topliss-reactive ketones (excluding diaryl/α,β-unsaturated/α-hetero) is 2. The highest BCUT2D eigenvalue weighted by molar-refractivity contribution is 7.85. The lowest BCUT2D eigenvalue weighted by Crippen LogP contribution is -2.33. The Balaban J connectivity index is 1.68. The molecule has 2 aromatic rings.